The molecule has 0 aliphatic carbocycles. The maximum Gasteiger partial charge on any atom is 0.0483 e. The van der Waals surface area contributed by atoms with Crippen LogP contribution in [0.5, 0.6) is 0 Å². The molecule has 0 aliphatic heterocycles. The van der Waals surface area contributed by atoms with Crippen molar-refractivity contribution in [3.8, 4) is 0 Å². The second-order valence-corrected chi connectivity index (χ2v) is 5.09. The second kappa shape index (κ2) is 8.08. The molecule has 0 amide bonds. The smallest absolute Gasteiger partial charge is 0.0483 e. The van der Waals surface area contributed by atoms with E-state index in [0.29, 0.717) is 0 Å². The molecule has 0 atom stereocenters. The van der Waals surface area contributed by atoms with E-state index in [1.165, 1.54) is 22.9 Å². The first kappa shape index (κ1) is 15.1. The first-order valence-corrected chi connectivity index (χ1v) is 7.72. The molecule has 3 nitrogen and oxygen atoms in total. The third-order valence-corrected chi connectivity index (χ3v) is 3.51. The Balaban J connectivity index is 2.09. The van der Waals surface area contributed by atoms with E-state index >= 15 is 0 Å². The number of hydrogen-bond donors (Lipinski definition) is 1. The zero-order valence-corrected chi connectivity index (χ0v) is 12.7. The third-order valence-electron chi connectivity index (χ3n) is 3.51. The van der Waals surface area contributed by atoms with Crippen LogP contribution in [0.1, 0.15) is 32.3 Å². The number of aromatic nitrogens is 1. The minimum absolute atomic E-state index is 0.804. The number of rotatable bonds is 9. The maximum atomic E-state index is 5.43. The number of benzene rings is 1. The summed E-state index contributed by atoms with van der Waals surface area (Å²) in [5.41, 5.74) is 2.72. The van der Waals surface area contributed by atoms with Gasteiger partial charge in [0, 0.05) is 43.4 Å². The lowest BCUT2D eigenvalue weighted by Gasteiger charge is -2.05. The summed E-state index contributed by atoms with van der Waals surface area (Å²) in [4.78, 5) is 0. The third kappa shape index (κ3) is 3.84. The topological polar surface area (TPSA) is 26.2 Å². The van der Waals surface area contributed by atoms with Gasteiger partial charge in [0.2, 0.25) is 0 Å². The van der Waals surface area contributed by atoms with Gasteiger partial charge in [-0.25, -0.2) is 0 Å². The highest BCUT2D eigenvalue weighted by Crippen LogP contribution is 2.21. The molecule has 0 unspecified atom stereocenters. The molecule has 0 radical (unpaired) electrons. The zero-order chi connectivity index (χ0) is 14.2. The highest BCUT2D eigenvalue weighted by molar-refractivity contribution is 5.83. The van der Waals surface area contributed by atoms with Gasteiger partial charge in [0.1, 0.15) is 0 Å². The lowest BCUT2D eigenvalue weighted by atomic mass is 10.2. The Morgan fingerprint density at radius 3 is 2.85 bits per heavy atom. The minimum Gasteiger partial charge on any atom is -0.382 e. The Labute approximate surface area is 121 Å². The van der Waals surface area contributed by atoms with Gasteiger partial charge < -0.3 is 14.6 Å². The zero-order valence-electron chi connectivity index (χ0n) is 12.7. The first-order valence-electron chi connectivity index (χ1n) is 7.72. The average Bonchev–Trinajstić information content (AvgIpc) is 2.83. The van der Waals surface area contributed by atoms with E-state index in [0.717, 1.165) is 39.3 Å². The Hall–Kier alpha value is -1.32. The van der Waals surface area contributed by atoms with Crippen molar-refractivity contribution in [3.05, 3.63) is 36.0 Å². The summed E-state index contributed by atoms with van der Waals surface area (Å²) in [5, 5.41) is 4.86. The maximum absolute atomic E-state index is 5.43. The number of ether oxygens (including phenoxy) is 1. The van der Waals surface area contributed by atoms with E-state index in [9.17, 15) is 0 Å². The number of nitrogens with one attached hydrogen (secondary N) is 1. The molecule has 1 aromatic carbocycles. The summed E-state index contributed by atoms with van der Waals surface area (Å²) in [6, 6.07) is 8.66. The van der Waals surface area contributed by atoms with E-state index in [2.05, 4.69) is 47.3 Å². The van der Waals surface area contributed by atoms with Crippen LogP contribution in [0, 0.1) is 0 Å². The van der Waals surface area contributed by atoms with Gasteiger partial charge in [0.25, 0.3) is 0 Å². The van der Waals surface area contributed by atoms with Gasteiger partial charge in [0.05, 0.1) is 0 Å². The SMILES string of the molecule is CCCNCc1cn(CCCOCC)c2ccccc12. The monoisotopic (exact) mass is 274 g/mol. The van der Waals surface area contributed by atoms with Crippen molar-refractivity contribution in [3.63, 3.8) is 0 Å². The molecule has 1 heterocycles. The van der Waals surface area contributed by atoms with Gasteiger partial charge in [-0.3, -0.25) is 0 Å². The van der Waals surface area contributed by atoms with Gasteiger partial charge in [-0.2, -0.15) is 0 Å². The van der Waals surface area contributed by atoms with Gasteiger partial charge in [-0.1, -0.05) is 25.1 Å². The average molecular weight is 274 g/mol. The van der Waals surface area contributed by atoms with E-state index in [4.69, 9.17) is 4.74 Å². The standard InChI is InChI=1S/C17H26N2O/c1-3-10-18-13-15-14-19(11-7-12-20-4-2)17-9-6-5-8-16(15)17/h5-6,8-9,14,18H,3-4,7,10-13H2,1-2H3. The predicted molar refractivity (Wildman–Crippen MR) is 85.0 cm³/mol. The van der Waals surface area contributed by atoms with E-state index in [-0.39, 0.29) is 0 Å². The summed E-state index contributed by atoms with van der Waals surface area (Å²) in [6.45, 7) is 8.93. The van der Waals surface area contributed by atoms with Crippen LogP contribution in [0.25, 0.3) is 10.9 Å². The lowest BCUT2D eigenvalue weighted by Crippen LogP contribution is -2.13. The van der Waals surface area contributed by atoms with Crippen molar-refractivity contribution in [2.24, 2.45) is 0 Å². The number of aryl methyl sites for hydroxylation is 1. The first-order chi connectivity index (χ1) is 9.86. The fourth-order valence-electron chi connectivity index (χ4n) is 2.53. The van der Waals surface area contributed by atoms with E-state index in [1.807, 2.05) is 6.92 Å². The molecule has 20 heavy (non-hydrogen) atoms. The molecule has 0 spiro atoms. The van der Waals surface area contributed by atoms with Crippen LogP contribution in [0.4, 0.5) is 0 Å². The summed E-state index contributed by atoms with van der Waals surface area (Å²) < 4.78 is 7.79. The van der Waals surface area contributed by atoms with Crippen molar-refractivity contribution in [1.82, 2.24) is 9.88 Å². The summed E-state index contributed by atoms with van der Waals surface area (Å²) >= 11 is 0. The molecule has 1 aromatic heterocycles. The lowest BCUT2D eigenvalue weighted by molar-refractivity contribution is 0.142. The Morgan fingerprint density at radius 1 is 1.20 bits per heavy atom. The Kier molecular flexibility index (Phi) is 6.09. The molecule has 0 aliphatic rings. The van der Waals surface area contributed by atoms with Gasteiger partial charge >= 0.3 is 0 Å². The van der Waals surface area contributed by atoms with Crippen molar-refractivity contribution >= 4 is 10.9 Å². The van der Waals surface area contributed by atoms with Crippen molar-refractivity contribution in [2.45, 2.75) is 39.8 Å². The van der Waals surface area contributed by atoms with E-state index < -0.39 is 0 Å². The fourth-order valence-corrected chi connectivity index (χ4v) is 2.53. The fraction of sp³-hybridized carbons (Fsp3) is 0.529. The molecule has 110 valence electrons. The molecular weight excluding hydrogens is 248 g/mol. The summed E-state index contributed by atoms with van der Waals surface area (Å²) in [5.74, 6) is 0. The highest BCUT2D eigenvalue weighted by atomic mass is 16.5. The van der Waals surface area contributed by atoms with Gasteiger partial charge in [-0.05, 0) is 37.9 Å². The molecule has 2 rings (SSSR count). The molecular formula is C17H26N2O. The number of para-hydroxylation sites is 1. The minimum atomic E-state index is 0.804. The molecule has 2 aromatic rings. The summed E-state index contributed by atoms with van der Waals surface area (Å²) in [6.07, 6.45) is 4.53. The molecule has 3 heteroatoms. The summed E-state index contributed by atoms with van der Waals surface area (Å²) in [7, 11) is 0. The second-order valence-electron chi connectivity index (χ2n) is 5.09. The Morgan fingerprint density at radius 2 is 2.05 bits per heavy atom. The van der Waals surface area contributed by atoms with Crippen LogP contribution in [0.3, 0.4) is 0 Å². The quantitative estimate of drug-likeness (QED) is 0.708. The van der Waals surface area contributed by atoms with Crippen LogP contribution in [-0.4, -0.2) is 24.3 Å². The van der Waals surface area contributed by atoms with Crippen LogP contribution in [0.2, 0.25) is 0 Å². The molecule has 0 fully saturated rings. The molecule has 0 bridgehead atoms. The molecule has 0 saturated heterocycles. The van der Waals surface area contributed by atoms with Crippen molar-refractivity contribution in [2.75, 3.05) is 19.8 Å². The van der Waals surface area contributed by atoms with Crippen LogP contribution in [-0.2, 0) is 17.8 Å². The Bertz CT molecular complexity index is 519. The normalized spacial score (nSPS) is 11.3. The van der Waals surface area contributed by atoms with Crippen molar-refractivity contribution < 1.29 is 4.74 Å². The van der Waals surface area contributed by atoms with Gasteiger partial charge in [-0.15, -0.1) is 0 Å². The number of nitrogens with zero attached hydrogens (tertiary/aromatic N) is 1. The largest absolute Gasteiger partial charge is 0.382 e. The van der Waals surface area contributed by atoms with Crippen LogP contribution >= 0.6 is 0 Å². The number of fused-ring (bicyclic) bond motifs is 1. The molecule has 1 N–H and O–H groups in total. The predicted octanol–water partition coefficient (Wildman–Crippen LogP) is 3.57. The number of hydrogen-bond acceptors (Lipinski definition) is 2. The van der Waals surface area contributed by atoms with Crippen LogP contribution in [0.15, 0.2) is 30.5 Å². The van der Waals surface area contributed by atoms with Crippen molar-refractivity contribution in [1.29, 1.82) is 0 Å². The van der Waals surface area contributed by atoms with E-state index in [1.54, 1.807) is 0 Å². The van der Waals surface area contributed by atoms with Gasteiger partial charge in [0.15, 0.2) is 0 Å². The molecule has 0 saturated carbocycles. The van der Waals surface area contributed by atoms with Crippen LogP contribution < -0.4 is 5.32 Å². The highest BCUT2D eigenvalue weighted by Gasteiger charge is 2.07.